The third-order valence-corrected chi connectivity index (χ3v) is 2.89. The Kier molecular flexibility index (Phi) is 4.71. The van der Waals surface area contributed by atoms with Crippen LogP contribution < -0.4 is 22.4 Å². The number of nitrogens with zero attached hydrogens (tertiary/aromatic N) is 1. The molecule has 0 saturated carbocycles. The molecule has 0 spiro atoms. The summed E-state index contributed by atoms with van der Waals surface area (Å²) in [4.78, 5) is 10.9. The number of nitrogens with one attached hydrogen (secondary N) is 2. The maximum Gasteiger partial charge on any atom is 0.337 e. The first kappa shape index (κ1) is 15.5. The largest absolute Gasteiger partial charge is 0.478 e. The molecule has 8 nitrogen and oxygen atoms in total. The Morgan fingerprint density at radius 1 is 1.36 bits per heavy atom. The smallest absolute Gasteiger partial charge is 0.337 e. The zero-order valence-corrected chi connectivity index (χ0v) is 12.1. The SMILES string of the molecule is NNC(=S)NN=Cc1ccc(-c2ccc(C(=O)O)c(N)c2)o1. The van der Waals surface area contributed by atoms with Gasteiger partial charge in [-0.3, -0.25) is 10.9 Å². The van der Waals surface area contributed by atoms with Gasteiger partial charge in [-0.2, -0.15) is 5.10 Å². The van der Waals surface area contributed by atoms with Crippen LogP contribution in [0.25, 0.3) is 11.3 Å². The average molecular weight is 319 g/mol. The number of hydrazine groups is 1. The van der Waals surface area contributed by atoms with Gasteiger partial charge in [0, 0.05) is 11.3 Å². The van der Waals surface area contributed by atoms with E-state index in [1.807, 2.05) is 0 Å². The molecule has 9 heteroatoms. The monoisotopic (exact) mass is 319 g/mol. The van der Waals surface area contributed by atoms with Gasteiger partial charge in [0.25, 0.3) is 0 Å². The Hall–Kier alpha value is -2.91. The van der Waals surface area contributed by atoms with E-state index in [2.05, 4.69) is 16.0 Å². The molecule has 0 amide bonds. The number of hydrogen-bond acceptors (Lipinski definition) is 6. The molecular weight excluding hydrogens is 306 g/mol. The van der Waals surface area contributed by atoms with Gasteiger partial charge < -0.3 is 15.3 Å². The number of rotatable bonds is 4. The van der Waals surface area contributed by atoms with E-state index in [9.17, 15) is 4.79 Å². The van der Waals surface area contributed by atoms with Crippen LogP contribution in [0.4, 0.5) is 5.69 Å². The van der Waals surface area contributed by atoms with Gasteiger partial charge in [0.2, 0.25) is 5.11 Å². The second-order valence-corrected chi connectivity index (χ2v) is 4.56. The number of nitrogens with two attached hydrogens (primary N) is 2. The Bertz CT molecular complexity index is 741. The summed E-state index contributed by atoms with van der Waals surface area (Å²) in [6.45, 7) is 0. The number of carboxylic acids is 1. The summed E-state index contributed by atoms with van der Waals surface area (Å²) in [6, 6.07) is 7.99. The molecule has 2 rings (SSSR count). The van der Waals surface area contributed by atoms with Crippen LogP contribution >= 0.6 is 12.2 Å². The minimum absolute atomic E-state index is 0.0455. The standard InChI is InChI=1S/C13H13N5O3S/c14-10-5-7(1-3-9(10)12(19)20)11-4-2-8(21-11)6-16-18-13(22)17-15/h1-6H,14-15H2,(H,19,20)(H2,17,18,22). The van der Waals surface area contributed by atoms with E-state index in [0.717, 1.165) is 0 Å². The van der Waals surface area contributed by atoms with Crippen LogP contribution in [0, 0.1) is 0 Å². The molecule has 0 aliphatic rings. The predicted molar refractivity (Wildman–Crippen MR) is 86.2 cm³/mol. The summed E-state index contributed by atoms with van der Waals surface area (Å²) in [6.07, 6.45) is 1.42. The average Bonchev–Trinajstić information content (AvgIpc) is 2.95. The highest BCUT2D eigenvalue weighted by Gasteiger charge is 2.10. The number of hydrogen-bond donors (Lipinski definition) is 5. The zero-order valence-electron chi connectivity index (χ0n) is 11.2. The van der Waals surface area contributed by atoms with E-state index in [0.29, 0.717) is 17.1 Å². The van der Waals surface area contributed by atoms with Crippen LogP contribution in [0.1, 0.15) is 16.1 Å². The number of carbonyl (C=O) groups is 1. The van der Waals surface area contributed by atoms with Gasteiger partial charge >= 0.3 is 5.97 Å². The first-order chi connectivity index (χ1) is 10.5. The Morgan fingerprint density at radius 3 is 2.77 bits per heavy atom. The van der Waals surface area contributed by atoms with E-state index >= 15 is 0 Å². The highest BCUT2D eigenvalue weighted by atomic mass is 32.1. The van der Waals surface area contributed by atoms with Gasteiger partial charge in [0.1, 0.15) is 11.5 Å². The lowest BCUT2D eigenvalue weighted by molar-refractivity contribution is 0.0698. The van der Waals surface area contributed by atoms with E-state index in [-0.39, 0.29) is 16.4 Å². The van der Waals surface area contributed by atoms with E-state index < -0.39 is 5.97 Å². The van der Waals surface area contributed by atoms with Crippen molar-refractivity contribution >= 4 is 35.2 Å². The maximum absolute atomic E-state index is 10.9. The van der Waals surface area contributed by atoms with Crippen molar-refractivity contribution in [2.75, 3.05) is 5.73 Å². The lowest BCUT2D eigenvalue weighted by Gasteiger charge is -2.03. The van der Waals surface area contributed by atoms with Crippen molar-refractivity contribution in [3.63, 3.8) is 0 Å². The van der Waals surface area contributed by atoms with Crippen LogP contribution in [0.3, 0.4) is 0 Å². The minimum Gasteiger partial charge on any atom is -0.478 e. The number of benzene rings is 1. The van der Waals surface area contributed by atoms with E-state index in [1.54, 1.807) is 18.2 Å². The topological polar surface area (TPSA) is 139 Å². The van der Waals surface area contributed by atoms with Gasteiger partial charge in [0.05, 0.1) is 11.8 Å². The van der Waals surface area contributed by atoms with Crippen LogP contribution in [0.15, 0.2) is 39.9 Å². The lowest BCUT2D eigenvalue weighted by Crippen LogP contribution is -2.37. The number of thiocarbonyl (C=S) groups is 1. The van der Waals surface area contributed by atoms with Crippen molar-refractivity contribution in [3.05, 3.63) is 41.7 Å². The molecule has 0 fully saturated rings. The Balaban J connectivity index is 2.16. The summed E-state index contributed by atoms with van der Waals surface area (Å²) in [7, 11) is 0. The number of carboxylic acid groups (broad SMARTS) is 1. The normalized spacial score (nSPS) is 10.6. The van der Waals surface area contributed by atoms with Gasteiger partial charge in [-0.25, -0.2) is 10.6 Å². The molecular formula is C13H13N5O3S. The first-order valence-corrected chi connectivity index (χ1v) is 6.44. The van der Waals surface area contributed by atoms with Gasteiger partial charge in [-0.1, -0.05) is 6.07 Å². The summed E-state index contributed by atoms with van der Waals surface area (Å²) >= 11 is 4.75. The van der Waals surface area contributed by atoms with E-state index in [1.165, 1.54) is 18.3 Å². The summed E-state index contributed by atoms with van der Waals surface area (Å²) < 4.78 is 5.55. The summed E-state index contributed by atoms with van der Waals surface area (Å²) in [5.41, 5.74) is 11.3. The van der Waals surface area contributed by atoms with Crippen molar-refractivity contribution in [2.24, 2.45) is 10.9 Å². The Labute approximate surface area is 130 Å². The Morgan fingerprint density at radius 2 is 2.14 bits per heavy atom. The highest BCUT2D eigenvalue weighted by molar-refractivity contribution is 7.80. The number of hydrazone groups is 1. The molecule has 0 radical (unpaired) electrons. The number of furan rings is 1. The molecule has 2 aromatic rings. The van der Waals surface area contributed by atoms with Crippen molar-refractivity contribution in [1.82, 2.24) is 10.9 Å². The molecule has 0 aliphatic heterocycles. The number of anilines is 1. The summed E-state index contributed by atoms with van der Waals surface area (Å²) in [5.74, 6) is 5.00. The number of aromatic carboxylic acids is 1. The zero-order chi connectivity index (χ0) is 16.1. The third-order valence-electron chi connectivity index (χ3n) is 2.68. The third kappa shape index (κ3) is 3.59. The van der Waals surface area contributed by atoms with Crippen LogP contribution in [0.2, 0.25) is 0 Å². The fourth-order valence-electron chi connectivity index (χ4n) is 1.67. The maximum atomic E-state index is 10.9. The molecule has 0 aliphatic carbocycles. The second-order valence-electron chi connectivity index (χ2n) is 4.15. The minimum atomic E-state index is -1.08. The highest BCUT2D eigenvalue weighted by Crippen LogP contribution is 2.25. The molecule has 1 heterocycles. The molecule has 0 saturated heterocycles. The lowest BCUT2D eigenvalue weighted by atomic mass is 10.1. The van der Waals surface area contributed by atoms with Crippen molar-refractivity contribution in [1.29, 1.82) is 0 Å². The predicted octanol–water partition coefficient (Wildman–Crippen LogP) is 0.899. The van der Waals surface area contributed by atoms with Crippen molar-refractivity contribution in [2.45, 2.75) is 0 Å². The van der Waals surface area contributed by atoms with Crippen LogP contribution in [0.5, 0.6) is 0 Å². The van der Waals surface area contributed by atoms with Gasteiger partial charge in [0.15, 0.2) is 0 Å². The molecule has 0 unspecified atom stereocenters. The molecule has 0 atom stereocenters. The van der Waals surface area contributed by atoms with Crippen molar-refractivity contribution < 1.29 is 14.3 Å². The fraction of sp³-hybridized carbons (Fsp3) is 0. The molecule has 0 bridgehead atoms. The van der Waals surface area contributed by atoms with Gasteiger partial charge in [-0.05, 0) is 36.5 Å². The quantitative estimate of drug-likeness (QED) is 0.184. The molecule has 7 N–H and O–H groups in total. The van der Waals surface area contributed by atoms with Crippen molar-refractivity contribution in [3.8, 4) is 11.3 Å². The van der Waals surface area contributed by atoms with Crippen LogP contribution in [-0.2, 0) is 0 Å². The molecule has 114 valence electrons. The molecule has 1 aromatic carbocycles. The molecule has 1 aromatic heterocycles. The molecule has 22 heavy (non-hydrogen) atoms. The fourth-order valence-corrected chi connectivity index (χ4v) is 1.73. The first-order valence-electron chi connectivity index (χ1n) is 6.04. The van der Waals surface area contributed by atoms with Gasteiger partial charge in [-0.15, -0.1) is 0 Å². The number of nitrogen functional groups attached to an aromatic ring is 1. The second kappa shape index (κ2) is 6.70. The van der Waals surface area contributed by atoms with Crippen LogP contribution in [-0.4, -0.2) is 22.4 Å². The summed E-state index contributed by atoms with van der Waals surface area (Å²) in [5, 5.41) is 12.9. The van der Waals surface area contributed by atoms with E-state index in [4.69, 9.17) is 33.3 Å².